The highest BCUT2D eigenvalue weighted by Gasteiger charge is 2.23. The van der Waals surface area contributed by atoms with Gasteiger partial charge in [-0.1, -0.05) is 0 Å². The van der Waals surface area contributed by atoms with E-state index in [2.05, 4.69) is 20.4 Å². The minimum absolute atomic E-state index is 0.000903. The van der Waals surface area contributed by atoms with Gasteiger partial charge in [-0.25, -0.2) is 37.2 Å². The lowest BCUT2D eigenvalue weighted by Crippen LogP contribution is -2.18. The predicted molar refractivity (Wildman–Crippen MR) is 102 cm³/mol. The molecular formula is C19H13F3N6O3. The van der Waals surface area contributed by atoms with Crippen LogP contribution < -0.4 is 5.32 Å². The molecule has 2 N–H and O–H groups in total. The van der Waals surface area contributed by atoms with Crippen LogP contribution in [0.5, 0.6) is 0 Å². The summed E-state index contributed by atoms with van der Waals surface area (Å²) in [5.74, 6) is -1.43. The fourth-order valence-corrected chi connectivity index (χ4v) is 3.19. The van der Waals surface area contributed by atoms with Crippen LogP contribution in [0.25, 0.3) is 22.2 Å². The van der Waals surface area contributed by atoms with Gasteiger partial charge in [-0.05, 0) is 24.3 Å². The summed E-state index contributed by atoms with van der Waals surface area (Å²) in [5.41, 5.74) is -0.875. The number of hydrogen-bond donors (Lipinski definition) is 2. The summed E-state index contributed by atoms with van der Waals surface area (Å²) in [7, 11) is 1.51. The molecule has 0 atom stereocenters. The van der Waals surface area contributed by atoms with Crippen molar-refractivity contribution in [2.75, 3.05) is 5.32 Å². The number of halogens is 3. The number of nitrogens with zero attached hydrogens (tertiary/aromatic N) is 5. The Balaban J connectivity index is 1.84. The molecule has 31 heavy (non-hydrogen) atoms. The van der Waals surface area contributed by atoms with Gasteiger partial charge >= 0.3 is 6.09 Å². The van der Waals surface area contributed by atoms with E-state index >= 15 is 0 Å². The summed E-state index contributed by atoms with van der Waals surface area (Å²) in [4.78, 5) is 32.1. The SMILES string of the molecule is Cn1ncnc1C(=O)Nc1cc2c(cn1)cc(-c1cc(F)ccc1C(F)F)n2C(=O)O. The van der Waals surface area contributed by atoms with Crippen molar-refractivity contribution in [3.8, 4) is 11.3 Å². The van der Waals surface area contributed by atoms with Crippen molar-refractivity contribution >= 4 is 28.7 Å². The van der Waals surface area contributed by atoms with Crippen LogP contribution in [0.1, 0.15) is 22.6 Å². The molecule has 4 aromatic rings. The Morgan fingerprint density at radius 2 is 1.94 bits per heavy atom. The Bertz CT molecular complexity index is 1330. The molecule has 0 aliphatic heterocycles. The van der Waals surface area contributed by atoms with E-state index in [9.17, 15) is 27.9 Å². The third-order valence-corrected chi connectivity index (χ3v) is 4.56. The van der Waals surface area contributed by atoms with Gasteiger partial charge in [0.1, 0.15) is 18.0 Å². The molecule has 1 aromatic carbocycles. The Kier molecular flexibility index (Phi) is 4.89. The summed E-state index contributed by atoms with van der Waals surface area (Å²) < 4.78 is 42.7. The van der Waals surface area contributed by atoms with Gasteiger partial charge in [0.05, 0.1) is 11.2 Å². The molecule has 1 amide bonds. The molecule has 3 aromatic heterocycles. The van der Waals surface area contributed by atoms with Crippen LogP contribution in [-0.2, 0) is 7.05 Å². The van der Waals surface area contributed by atoms with Gasteiger partial charge < -0.3 is 10.4 Å². The topological polar surface area (TPSA) is 115 Å². The fourth-order valence-electron chi connectivity index (χ4n) is 3.19. The van der Waals surface area contributed by atoms with Crippen LogP contribution in [0.15, 0.2) is 42.9 Å². The maximum absolute atomic E-state index is 13.8. The van der Waals surface area contributed by atoms with Crippen molar-refractivity contribution in [2.45, 2.75) is 6.43 Å². The Hall–Kier alpha value is -4.22. The number of aromatic nitrogens is 5. The van der Waals surface area contributed by atoms with Crippen LogP contribution in [0.4, 0.5) is 23.8 Å². The molecule has 4 rings (SSSR count). The third-order valence-electron chi connectivity index (χ3n) is 4.56. The largest absolute Gasteiger partial charge is 0.464 e. The van der Waals surface area contributed by atoms with Crippen molar-refractivity contribution in [1.82, 2.24) is 24.3 Å². The molecule has 0 aliphatic carbocycles. The molecule has 0 unspecified atom stereocenters. The van der Waals surface area contributed by atoms with E-state index in [1.54, 1.807) is 0 Å². The highest BCUT2D eigenvalue weighted by Crippen LogP contribution is 2.35. The first-order valence-electron chi connectivity index (χ1n) is 8.74. The van der Waals surface area contributed by atoms with Crippen LogP contribution in [0.3, 0.4) is 0 Å². The van der Waals surface area contributed by atoms with Crippen LogP contribution in [0.2, 0.25) is 0 Å². The van der Waals surface area contributed by atoms with Gasteiger partial charge in [0.15, 0.2) is 0 Å². The van der Waals surface area contributed by atoms with Gasteiger partial charge in [0, 0.05) is 35.8 Å². The average Bonchev–Trinajstić information content (AvgIpc) is 3.30. The number of carbonyl (C=O) groups is 2. The lowest BCUT2D eigenvalue weighted by molar-refractivity contribution is 0.101. The third kappa shape index (κ3) is 3.58. The van der Waals surface area contributed by atoms with Gasteiger partial charge in [0.25, 0.3) is 12.3 Å². The highest BCUT2D eigenvalue weighted by molar-refractivity contribution is 6.03. The zero-order valence-electron chi connectivity index (χ0n) is 15.8. The zero-order chi connectivity index (χ0) is 22.3. The number of carboxylic acid groups (broad SMARTS) is 1. The average molecular weight is 430 g/mol. The molecular weight excluding hydrogens is 417 g/mol. The van der Waals surface area contributed by atoms with Crippen molar-refractivity contribution in [3.05, 3.63) is 60.1 Å². The van der Waals surface area contributed by atoms with Crippen LogP contribution >= 0.6 is 0 Å². The molecule has 158 valence electrons. The normalized spacial score (nSPS) is 11.3. The molecule has 0 saturated heterocycles. The molecule has 12 heteroatoms. The first-order valence-corrected chi connectivity index (χ1v) is 8.74. The van der Waals surface area contributed by atoms with E-state index in [4.69, 9.17) is 0 Å². The van der Waals surface area contributed by atoms with Gasteiger partial charge in [0.2, 0.25) is 5.82 Å². The Morgan fingerprint density at radius 1 is 1.16 bits per heavy atom. The lowest BCUT2D eigenvalue weighted by atomic mass is 10.0. The van der Waals surface area contributed by atoms with Crippen molar-refractivity contribution in [2.24, 2.45) is 7.05 Å². The maximum Gasteiger partial charge on any atom is 0.416 e. The number of carbonyl (C=O) groups excluding carboxylic acids is 1. The second-order valence-corrected chi connectivity index (χ2v) is 6.47. The second kappa shape index (κ2) is 7.55. The quantitative estimate of drug-likeness (QED) is 0.510. The van der Waals surface area contributed by atoms with E-state index in [0.29, 0.717) is 5.39 Å². The van der Waals surface area contributed by atoms with Gasteiger partial charge in [-0.2, -0.15) is 5.10 Å². The molecule has 9 nitrogen and oxygen atoms in total. The first kappa shape index (κ1) is 20.1. The number of nitrogens with one attached hydrogen (secondary N) is 1. The van der Waals surface area contributed by atoms with E-state index in [1.165, 1.54) is 36.4 Å². The minimum Gasteiger partial charge on any atom is -0.464 e. The zero-order valence-corrected chi connectivity index (χ0v) is 15.8. The lowest BCUT2D eigenvalue weighted by Gasteiger charge is -2.11. The van der Waals surface area contributed by atoms with E-state index < -0.39 is 29.8 Å². The fraction of sp³-hybridized carbons (Fsp3) is 0.105. The van der Waals surface area contributed by atoms with Crippen molar-refractivity contribution in [1.29, 1.82) is 0 Å². The molecule has 0 saturated carbocycles. The highest BCUT2D eigenvalue weighted by atomic mass is 19.3. The van der Waals surface area contributed by atoms with Gasteiger partial charge in [-0.15, -0.1) is 0 Å². The molecule has 0 fully saturated rings. The first-order chi connectivity index (χ1) is 14.8. The number of anilines is 1. The monoisotopic (exact) mass is 430 g/mol. The second-order valence-electron chi connectivity index (χ2n) is 6.47. The number of alkyl halides is 2. The van der Waals surface area contributed by atoms with Crippen LogP contribution in [-0.4, -0.2) is 41.4 Å². The summed E-state index contributed by atoms with van der Waals surface area (Å²) >= 11 is 0. The Labute approximate surface area is 171 Å². The van der Waals surface area contributed by atoms with Crippen LogP contribution in [0, 0.1) is 5.82 Å². The summed E-state index contributed by atoms with van der Waals surface area (Å²) in [6.07, 6.45) is -1.97. The molecule has 0 radical (unpaired) electrons. The van der Waals surface area contributed by atoms with Gasteiger partial charge in [-0.3, -0.25) is 4.79 Å². The van der Waals surface area contributed by atoms with E-state index in [0.717, 1.165) is 22.8 Å². The van der Waals surface area contributed by atoms with E-state index in [-0.39, 0.29) is 28.4 Å². The number of aryl methyl sites for hydroxylation is 1. The Morgan fingerprint density at radius 3 is 2.58 bits per heavy atom. The predicted octanol–water partition coefficient (Wildman–Crippen LogP) is 3.69. The number of rotatable bonds is 4. The number of benzene rings is 1. The van der Waals surface area contributed by atoms with E-state index in [1.807, 2.05) is 0 Å². The molecule has 0 bridgehead atoms. The number of pyridine rings is 1. The molecule has 3 heterocycles. The summed E-state index contributed by atoms with van der Waals surface area (Å²) in [6, 6.07) is 5.21. The minimum atomic E-state index is -2.95. The van der Waals surface area contributed by atoms with Crippen molar-refractivity contribution < 1.29 is 27.9 Å². The maximum atomic E-state index is 13.8. The van der Waals surface area contributed by atoms with Crippen molar-refractivity contribution in [3.63, 3.8) is 0 Å². The standard InChI is InChI=1S/C19H13F3N6O3/c1-27-17(24-8-25-27)18(29)26-15-6-13-9(7-23-15)4-14(28(13)19(30)31)12-5-10(20)2-3-11(12)16(21)22/h2-8,16H,1H3,(H,30,31)(H,23,26,29). The summed E-state index contributed by atoms with van der Waals surface area (Å²) in [5, 5.41) is 16.3. The number of hydrogen-bond acceptors (Lipinski definition) is 5. The smallest absolute Gasteiger partial charge is 0.416 e. The molecule has 0 spiro atoms. The number of fused-ring (bicyclic) bond motifs is 1. The number of amides is 1. The molecule has 0 aliphatic rings. The summed E-state index contributed by atoms with van der Waals surface area (Å²) in [6.45, 7) is 0.